The number of carbonyl (C=O) groups excluding carboxylic acids is 1. The van der Waals surface area contributed by atoms with Crippen LogP contribution in [0.4, 0.5) is 0 Å². The normalized spacial score (nSPS) is 21.7. The zero-order valence-corrected chi connectivity index (χ0v) is 8.80. The molecule has 2 heterocycles. The van der Waals surface area contributed by atoms with Crippen LogP contribution < -0.4 is 5.73 Å². The van der Waals surface area contributed by atoms with Crippen molar-refractivity contribution in [3.8, 4) is 0 Å². The van der Waals surface area contributed by atoms with E-state index in [4.69, 9.17) is 5.73 Å². The number of hydrogen-bond donors (Lipinski definition) is 1. The van der Waals surface area contributed by atoms with E-state index in [0.29, 0.717) is 13.1 Å². The van der Waals surface area contributed by atoms with E-state index in [1.165, 1.54) is 0 Å². The fourth-order valence-electron chi connectivity index (χ4n) is 1.97. The first-order chi connectivity index (χ1) is 7.25. The number of amides is 1. The number of piperidine rings is 1. The summed E-state index contributed by atoms with van der Waals surface area (Å²) < 4.78 is 1.89. The van der Waals surface area contributed by atoms with Crippen LogP contribution in [0.1, 0.15) is 12.8 Å². The van der Waals surface area contributed by atoms with Gasteiger partial charge in [0.1, 0.15) is 6.54 Å². The van der Waals surface area contributed by atoms with Gasteiger partial charge in [-0.3, -0.25) is 4.79 Å². The quantitative estimate of drug-likeness (QED) is 0.765. The standard InChI is InChI=1S/C11H17N3O/c12-10-4-3-7-14(8-10)11(15)9-13-5-1-2-6-13/h1-2,5-6,10H,3-4,7-9,12H2/t10-/m1/s1. The summed E-state index contributed by atoms with van der Waals surface area (Å²) in [6.07, 6.45) is 5.87. The van der Waals surface area contributed by atoms with E-state index < -0.39 is 0 Å². The van der Waals surface area contributed by atoms with Crippen molar-refractivity contribution in [3.63, 3.8) is 0 Å². The van der Waals surface area contributed by atoms with Gasteiger partial charge in [0.25, 0.3) is 0 Å². The molecule has 4 heteroatoms. The van der Waals surface area contributed by atoms with Crippen molar-refractivity contribution in [3.05, 3.63) is 24.5 Å². The van der Waals surface area contributed by atoms with E-state index in [0.717, 1.165) is 19.4 Å². The number of rotatable bonds is 2. The lowest BCUT2D eigenvalue weighted by Crippen LogP contribution is -2.46. The Balaban J connectivity index is 1.90. The van der Waals surface area contributed by atoms with Crippen molar-refractivity contribution in [2.24, 2.45) is 5.73 Å². The van der Waals surface area contributed by atoms with Gasteiger partial charge in [0.15, 0.2) is 0 Å². The van der Waals surface area contributed by atoms with Crippen molar-refractivity contribution >= 4 is 5.91 Å². The SMILES string of the molecule is N[C@@H]1CCCN(C(=O)Cn2cccc2)C1. The lowest BCUT2D eigenvalue weighted by Gasteiger charge is -2.30. The molecule has 0 aliphatic carbocycles. The molecule has 1 aromatic heterocycles. The lowest BCUT2D eigenvalue weighted by molar-refractivity contribution is -0.133. The number of carbonyl (C=O) groups is 1. The topological polar surface area (TPSA) is 51.3 Å². The molecule has 0 spiro atoms. The third kappa shape index (κ3) is 2.59. The zero-order chi connectivity index (χ0) is 10.7. The van der Waals surface area contributed by atoms with Crippen molar-refractivity contribution in [1.82, 2.24) is 9.47 Å². The minimum absolute atomic E-state index is 0.160. The van der Waals surface area contributed by atoms with Crippen LogP contribution in [0.15, 0.2) is 24.5 Å². The molecular weight excluding hydrogens is 190 g/mol. The van der Waals surface area contributed by atoms with Crippen LogP contribution in [0, 0.1) is 0 Å². The molecule has 1 aliphatic rings. The fourth-order valence-corrected chi connectivity index (χ4v) is 1.97. The lowest BCUT2D eigenvalue weighted by atomic mass is 10.1. The summed E-state index contributed by atoms with van der Waals surface area (Å²) in [6.45, 7) is 1.99. The number of nitrogens with zero attached hydrogens (tertiary/aromatic N) is 2. The van der Waals surface area contributed by atoms with E-state index in [1.807, 2.05) is 34.0 Å². The molecule has 2 N–H and O–H groups in total. The highest BCUT2D eigenvalue weighted by atomic mass is 16.2. The highest BCUT2D eigenvalue weighted by Crippen LogP contribution is 2.08. The van der Waals surface area contributed by atoms with E-state index in [9.17, 15) is 4.79 Å². The molecule has 1 aliphatic heterocycles. The molecular formula is C11H17N3O. The van der Waals surface area contributed by atoms with Gasteiger partial charge < -0.3 is 15.2 Å². The molecule has 1 amide bonds. The van der Waals surface area contributed by atoms with Gasteiger partial charge in [-0.2, -0.15) is 0 Å². The van der Waals surface area contributed by atoms with Crippen molar-refractivity contribution in [2.45, 2.75) is 25.4 Å². The largest absolute Gasteiger partial charge is 0.345 e. The monoisotopic (exact) mass is 207 g/mol. The minimum Gasteiger partial charge on any atom is -0.345 e. The third-order valence-corrected chi connectivity index (χ3v) is 2.79. The maximum atomic E-state index is 11.9. The Kier molecular flexibility index (Phi) is 3.06. The second-order valence-electron chi connectivity index (χ2n) is 4.10. The molecule has 82 valence electrons. The molecule has 2 rings (SSSR count). The molecule has 0 aromatic carbocycles. The fraction of sp³-hybridized carbons (Fsp3) is 0.545. The van der Waals surface area contributed by atoms with Crippen LogP contribution in [-0.2, 0) is 11.3 Å². The third-order valence-electron chi connectivity index (χ3n) is 2.79. The van der Waals surface area contributed by atoms with Gasteiger partial charge in [0, 0.05) is 31.5 Å². The van der Waals surface area contributed by atoms with Crippen LogP contribution in [0.25, 0.3) is 0 Å². The summed E-state index contributed by atoms with van der Waals surface area (Å²) in [5.41, 5.74) is 5.84. The maximum Gasteiger partial charge on any atom is 0.242 e. The number of likely N-dealkylation sites (tertiary alicyclic amines) is 1. The van der Waals surface area contributed by atoms with E-state index in [2.05, 4.69) is 0 Å². The van der Waals surface area contributed by atoms with Gasteiger partial charge >= 0.3 is 0 Å². The predicted molar refractivity (Wildman–Crippen MR) is 58.2 cm³/mol. The molecule has 0 unspecified atom stereocenters. The minimum atomic E-state index is 0.160. The Morgan fingerprint density at radius 3 is 2.80 bits per heavy atom. The molecule has 15 heavy (non-hydrogen) atoms. The highest BCUT2D eigenvalue weighted by Gasteiger charge is 2.20. The summed E-state index contributed by atoms with van der Waals surface area (Å²) >= 11 is 0. The van der Waals surface area contributed by atoms with Gasteiger partial charge in [0.05, 0.1) is 0 Å². The van der Waals surface area contributed by atoms with Crippen LogP contribution in [-0.4, -0.2) is 34.5 Å². The molecule has 1 aromatic rings. The molecule has 0 saturated carbocycles. The Bertz CT molecular complexity index is 321. The average molecular weight is 207 g/mol. The van der Waals surface area contributed by atoms with E-state index in [1.54, 1.807) is 0 Å². The summed E-state index contributed by atoms with van der Waals surface area (Å²) in [5.74, 6) is 0.168. The number of hydrogen-bond acceptors (Lipinski definition) is 2. The smallest absolute Gasteiger partial charge is 0.242 e. The van der Waals surface area contributed by atoms with Crippen LogP contribution in [0.3, 0.4) is 0 Å². The van der Waals surface area contributed by atoms with Crippen LogP contribution in [0.2, 0.25) is 0 Å². The maximum absolute atomic E-state index is 11.9. The second-order valence-corrected chi connectivity index (χ2v) is 4.10. The van der Waals surface area contributed by atoms with Crippen molar-refractivity contribution in [1.29, 1.82) is 0 Å². The van der Waals surface area contributed by atoms with Crippen molar-refractivity contribution < 1.29 is 4.79 Å². The Morgan fingerprint density at radius 2 is 2.13 bits per heavy atom. The number of nitrogens with two attached hydrogens (primary N) is 1. The van der Waals surface area contributed by atoms with Gasteiger partial charge in [-0.15, -0.1) is 0 Å². The second kappa shape index (κ2) is 4.49. The predicted octanol–water partition coefficient (Wildman–Crippen LogP) is 0.438. The summed E-state index contributed by atoms with van der Waals surface area (Å²) in [7, 11) is 0. The average Bonchev–Trinajstić information content (AvgIpc) is 2.70. The zero-order valence-electron chi connectivity index (χ0n) is 8.80. The van der Waals surface area contributed by atoms with E-state index in [-0.39, 0.29) is 11.9 Å². The van der Waals surface area contributed by atoms with E-state index >= 15 is 0 Å². The van der Waals surface area contributed by atoms with Crippen LogP contribution in [0.5, 0.6) is 0 Å². The number of aromatic nitrogens is 1. The first-order valence-electron chi connectivity index (χ1n) is 5.40. The summed E-state index contributed by atoms with van der Waals surface area (Å²) in [6, 6.07) is 4.01. The van der Waals surface area contributed by atoms with Gasteiger partial charge in [-0.05, 0) is 25.0 Å². The molecule has 1 atom stereocenters. The summed E-state index contributed by atoms with van der Waals surface area (Å²) in [4.78, 5) is 13.7. The van der Waals surface area contributed by atoms with Crippen molar-refractivity contribution in [2.75, 3.05) is 13.1 Å². The van der Waals surface area contributed by atoms with Gasteiger partial charge in [-0.25, -0.2) is 0 Å². The molecule has 4 nitrogen and oxygen atoms in total. The van der Waals surface area contributed by atoms with Gasteiger partial charge in [0.2, 0.25) is 5.91 Å². The Labute approximate surface area is 89.7 Å². The highest BCUT2D eigenvalue weighted by molar-refractivity contribution is 5.76. The molecule has 1 saturated heterocycles. The molecule has 1 fully saturated rings. The molecule has 0 bridgehead atoms. The van der Waals surface area contributed by atoms with Crippen LogP contribution >= 0.6 is 0 Å². The molecule has 0 radical (unpaired) electrons. The Morgan fingerprint density at radius 1 is 1.40 bits per heavy atom. The summed E-state index contributed by atoms with van der Waals surface area (Å²) in [5, 5.41) is 0. The first-order valence-corrected chi connectivity index (χ1v) is 5.40. The first kappa shape index (κ1) is 10.2. The van der Waals surface area contributed by atoms with Gasteiger partial charge in [-0.1, -0.05) is 0 Å². The Hall–Kier alpha value is -1.29.